The molecule has 2 rings (SSSR count). The van der Waals surface area contributed by atoms with Gasteiger partial charge in [0.05, 0.1) is 11.1 Å². The first-order valence-corrected chi connectivity index (χ1v) is 10.2. The highest BCUT2D eigenvalue weighted by Gasteiger charge is 2.23. The number of hydrogen-bond acceptors (Lipinski definition) is 6. The van der Waals surface area contributed by atoms with Crippen LogP contribution in [0.4, 0.5) is 11.8 Å². The summed E-state index contributed by atoms with van der Waals surface area (Å²) in [5.41, 5.74) is 5.98. The fourth-order valence-corrected chi connectivity index (χ4v) is 3.75. The lowest BCUT2D eigenvalue weighted by Gasteiger charge is -2.22. The maximum Gasteiger partial charge on any atom is 0.227 e. The molecule has 0 bridgehead atoms. The van der Waals surface area contributed by atoms with E-state index in [9.17, 15) is 8.42 Å². The second kappa shape index (κ2) is 8.80. The molecule has 0 amide bonds. The molecule has 1 heterocycles. The molecule has 0 aliphatic rings. The van der Waals surface area contributed by atoms with Gasteiger partial charge in [-0.15, -0.1) is 0 Å². The topological polar surface area (TPSA) is 89.2 Å². The van der Waals surface area contributed by atoms with Gasteiger partial charge in [0, 0.05) is 13.1 Å². The molecule has 0 saturated carbocycles. The molecule has 0 fully saturated rings. The molecule has 0 radical (unpaired) electrons. The summed E-state index contributed by atoms with van der Waals surface area (Å²) in [4.78, 5) is 10.8. The van der Waals surface area contributed by atoms with Crippen molar-refractivity contribution in [2.75, 3.05) is 23.7 Å². The number of sulfone groups is 1. The Bertz CT molecular complexity index is 771. The average molecular weight is 362 g/mol. The standard InChI is InChI=1S/C18H26N4O2S/c1-3-5-12-22(13-6-4-2)18-20-14-16(17(19)21-18)25(23,24)15-10-8-7-9-11-15/h7-11,14H,3-6,12-13H2,1-2H3,(H2,19,20,21). The number of nitrogens with zero attached hydrogens (tertiary/aromatic N) is 3. The van der Waals surface area contributed by atoms with Crippen molar-refractivity contribution in [2.45, 2.75) is 49.3 Å². The highest BCUT2D eigenvalue weighted by molar-refractivity contribution is 7.91. The van der Waals surface area contributed by atoms with Gasteiger partial charge in [-0.3, -0.25) is 0 Å². The number of rotatable bonds is 9. The Morgan fingerprint density at radius 1 is 1.04 bits per heavy atom. The van der Waals surface area contributed by atoms with Crippen molar-refractivity contribution in [3.63, 3.8) is 0 Å². The quantitative estimate of drug-likeness (QED) is 0.736. The number of nitrogens with two attached hydrogens (primary N) is 1. The van der Waals surface area contributed by atoms with Gasteiger partial charge in [-0.25, -0.2) is 13.4 Å². The monoisotopic (exact) mass is 362 g/mol. The van der Waals surface area contributed by atoms with Gasteiger partial charge in [0.2, 0.25) is 15.8 Å². The van der Waals surface area contributed by atoms with Gasteiger partial charge in [0.1, 0.15) is 10.7 Å². The van der Waals surface area contributed by atoms with Crippen molar-refractivity contribution in [2.24, 2.45) is 0 Å². The second-order valence-electron chi connectivity index (χ2n) is 5.93. The third-order valence-corrected chi connectivity index (χ3v) is 5.75. The number of hydrogen-bond donors (Lipinski definition) is 1. The molecule has 1 aromatic heterocycles. The zero-order chi connectivity index (χ0) is 18.3. The van der Waals surface area contributed by atoms with E-state index in [1.54, 1.807) is 18.2 Å². The van der Waals surface area contributed by atoms with Gasteiger partial charge in [0.15, 0.2) is 0 Å². The summed E-state index contributed by atoms with van der Waals surface area (Å²) in [6.45, 7) is 5.92. The Labute approximate surface area is 150 Å². The van der Waals surface area contributed by atoms with Crippen LogP contribution >= 0.6 is 0 Å². The van der Waals surface area contributed by atoms with Crippen LogP contribution in [0, 0.1) is 0 Å². The molecule has 2 N–H and O–H groups in total. The van der Waals surface area contributed by atoms with Crippen LogP contribution in [0.5, 0.6) is 0 Å². The lowest BCUT2D eigenvalue weighted by atomic mass is 10.3. The fraction of sp³-hybridized carbons (Fsp3) is 0.444. The average Bonchev–Trinajstić information content (AvgIpc) is 2.62. The highest BCUT2D eigenvalue weighted by Crippen LogP contribution is 2.25. The molecule has 136 valence electrons. The molecule has 0 unspecified atom stereocenters. The maximum atomic E-state index is 12.7. The van der Waals surface area contributed by atoms with Gasteiger partial charge >= 0.3 is 0 Å². The molecule has 2 aromatic rings. The van der Waals surface area contributed by atoms with Crippen molar-refractivity contribution in [1.29, 1.82) is 0 Å². The normalized spacial score (nSPS) is 11.4. The second-order valence-corrected chi connectivity index (χ2v) is 7.85. The molecule has 25 heavy (non-hydrogen) atoms. The largest absolute Gasteiger partial charge is 0.382 e. The van der Waals surface area contributed by atoms with E-state index < -0.39 is 9.84 Å². The number of aromatic nitrogens is 2. The summed E-state index contributed by atoms with van der Waals surface area (Å²) in [7, 11) is -3.71. The molecule has 0 aliphatic heterocycles. The molecular weight excluding hydrogens is 336 g/mol. The molecule has 7 heteroatoms. The minimum atomic E-state index is -3.71. The summed E-state index contributed by atoms with van der Waals surface area (Å²) < 4.78 is 25.4. The van der Waals surface area contributed by atoms with Crippen molar-refractivity contribution in [3.05, 3.63) is 36.5 Å². The summed E-state index contributed by atoms with van der Waals surface area (Å²) in [5, 5.41) is 0. The number of unbranched alkanes of at least 4 members (excludes halogenated alkanes) is 2. The van der Waals surface area contributed by atoms with Gasteiger partial charge in [-0.1, -0.05) is 44.9 Å². The molecule has 1 aromatic carbocycles. The number of anilines is 2. The number of nitrogen functional groups attached to an aromatic ring is 1. The summed E-state index contributed by atoms with van der Waals surface area (Å²) in [5.74, 6) is 0.485. The Morgan fingerprint density at radius 3 is 2.16 bits per heavy atom. The first-order chi connectivity index (χ1) is 12.0. The predicted molar refractivity (Wildman–Crippen MR) is 100 cm³/mol. The van der Waals surface area contributed by atoms with E-state index in [4.69, 9.17) is 5.73 Å². The van der Waals surface area contributed by atoms with E-state index in [1.165, 1.54) is 18.3 Å². The lowest BCUT2D eigenvalue weighted by molar-refractivity contribution is 0.595. The zero-order valence-corrected chi connectivity index (χ0v) is 15.7. The summed E-state index contributed by atoms with van der Waals surface area (Å²) in [6.07, 6.45) is 5.51. The van der Waals surface area contributed by atoms with E-state index in [2.05, 4.69) is 28.7 Å². The molecule has 0 atom stereocenters. The van der Waals surface area contributed by atoms with Crippen LogP contribution in [0.2, 0.25) is 0 Å². The SMILES string of the molecule is CCCCN(CCCC)c1ncc(S(=O)(=O)c2ccccc2)c(N)n1. The van der Waals surface area contributed by atoms with Crippen molar-refractivity contribution in [3.8, 4) is 0 Å². The van der Waals surface area contributed by atoms with E-state index in [-0.39, 0.29) is 15.6 Å². The van der Waals surface area contributed by atoms with Crippen LogP contribution in [0.25, 0.3) is 0 Å². The van der Waals surface area contributed by atoms with E-state index >= 15 is 0 Å². The Kier molecular flexibility index (Phi) is 6.75. The maximum absolute atomic E-state index is 12.7. The van der Waals surface area contributed by atoms with Crippen molar-refractivity contribution < 1.29 is 8.42 Å². The highest BCUT2D eigenvalue weighted by atomic mass is 32.2. The van der Waals surface area contributed by atoms with E-state index in [0.29, 0.717) is 5.95 Å². The lowest BCUT2D eigenvalue weighted by Crippen LogP contribution is -2.28. The number of benzene rings is 1. The Balaban J connectivity index is 2.33. The first kappa shape index (κ1) is 19.2. The molecule has 0 spiro atoms. The first-order valence-electron chi connectivity index (χ1n) is 8.68. The molecule has 0 saturated heterocycles. The van der Waals surface area contributed by atoms with Crippen LogP contribution < -0.4 is 10.6 Å². The van der Waals surface area contributed by atoms with E-state index in [0.717, 1.165) is 38.8 Å². The zero-order valence-electron chi connectivity index (χ0n) is 14.9. The van der Waals surface area contributed by atoms with Crippen LogP contribution in [-0.4, -0.2) is 31.5 Å². The van der Waals surface area contributed by atoms with Crippen LogP contribution in [0.1, 0.15) is 39.5 Å². The van der Waals surface area contributed by atoms with Gasteiger partial charge in [-0.05, 0) is 25.0 Å². The van der Waals surface area contributed by atoms with Gasteiger partial charge in [0.25, 0.3) is 0 Å². The molecule has 6 nitrogen and oxygen atoms in total. The fourth-order valence-electron chi connectivity index (χ4n) is 2.47. The van der Waals surface area contributed by atoms with Crippen LogP contribution in [0.15, 0.2) is 46.3 Å². The Hall–Kier alpha value is -2.15. The smallest absolute Gasteiger partial charge is 0.227 e. The molecule has 0 aliphatic carbocycles. The molecular formula is C18H26N4O2S. The Morgan fingerprint density at radius 2 is 1.64 bits per heavy atom. The minimum Gasteiger partial charge on any atom is -0.382 e. The van der Waals surface area contributed by atoms with E-state index in [1.807, 2.05) is 0 Å². The van der Waals surface area contributed by atoms with Crippen LogP contribution in [0.3, 0.4) is 0 Å². The predicted octanol–water partition coefficient (Wildman–Crippen LogP) is 3.30. The minimum absolute atomic E-state index is 0.00755. The van der Waals surface area contributed by atoms with Crippen molar-refractivity contribution >= 4 is 21.6 Å². The third-order valence-electron chi connectivity index (χ3n) is 3.96. The summed E-state index contributed by atoms with van der Waals surface area (Å²) in [6, 6.07) is 8.20. The summed E-state index contributed by atoms with van der Waals surface area (Å²) >= 11 is 0. The van der Waals surface area contributed by atoms with Crippen molar-refractivity contribution in [1.82, 2.24) is 9.97 Å². The third kappa shape index (κ3) is 4.69. The van der Waals surface area contributed by atoms with Gasteiger partial charge < -0.3 is 10.6 Å². The van der Waals surface area contributed by atoms with Crippen LogP contribution in [-0.2, 0) is 9.84 Å². The van der Waals surface area contributed by atoms with Gasteiger partial charge in [-0.2, -0.15) is 4.98 Å².